The largest absolute Gasteiger partial charge is 0.340 e. The minimum absolute atomic E-state index is 0. The number of halogens is 2. The zero-order valence-corrected chi connectivity index (χ0v) is 12.7. The highest BCUT2D eigenvalue weighted by Gasteiger charge is 2.15. The van der Waals surface area contributed by atoms with E-state index in [0.29, 0.717) is 6.54 Å². The Morgan fingerprint density at radius 1 is 1.56 bits per heavy atom. The Hall–Kier alpha value is -0.850. The van der Waals surface area contributed by atoms with Crippen LogP contribution in [0.3, 0.4) is 0 Å². The monoisotopic (exact) mass is 337 g/mol. The summed E-state index contributed by atoms with van der Waals surface area (Å²) in [5.74, 6) is -0.136. The van der Waals surface area contributed by atoms with Gasteiger partial charge in [0, 0.05) is 36.4 Å². The first-order valence-electron chi connectivity index (χ1n) is 5.27. The molecule has 0 aliphatic heterocycles. The van der Waals surface area contributed by atoms with E-state index in [1.807, 2.05) is 6.92 Å². The Morgan fingerprint density at radius 2 is 2.17 bits per heavy atom. The second kappa shape index (κ2) is 7.56. The molecule has 0 aliphatic carbocycles. The first-order valence-corrected chi connectivity index (χ1v) is 6.06. The van der Waals surface area contributed by atoms with Crippen molar-refractivity contribution in [2.24, 2.45) is 5.73 Å². The molecule has 0 aliphatic rings. The Balaban J connectivity index is 0.00000289. The molecule has 102 valence electrons. The average molecular weight is 339 g/mol. The van der Waals surface area contributed by atoms with Crippen molar-refractivity contribution in [3.05, 3.63) is 33.2 Å². The van der Waals surface area contributed by atoms with Gasteiger partial charge in [0.15, 0.2) is 0 Å². The van der Waals surface area contributed by atoms with Crippen molar-refractivity contribution in [2.75, 3.05) is 13.6 Å². The number of carbonyl (C=O) groups excluding carboxylic acids is 1. The number of pyridine rings is 1. The molecule has 2 N–H and O–H groups in total. The first kappa shape index (κ1) is 17.2. The predicted molar refractivity (Wildman–Crippen MR) is 76.9 cm³/mol. The summed E-state index contributed by atoms with van der Waals surface area (Å²) in [4.78, 5) is 24.9. The van der Waals surface area contributed by atoms with E-state index in [-0.39, 0.29) is 36.5 Å². The Kier molecular flexibility index (Phi) is 7.20. The number of rotatable bonds is 4. The van der Waals surface area contributed by atoms with E-state index < -0.39 is 0 Å². The molecule has 0 saturated carbocycles. The molecule has 0 spiro atoms. The summed E-state index contributed by atoms with van der Waals surface area (Å²) in [6.45, 7) is 2.29. The molecule has 1 rings (SSSR count). The summed E-state index contributed by atoms with van der Waals surface area (Å²) in [5.41, 5.74) is 5.29. The molecule has 18 heavy (non-hydrogen) atoms. The summed E-state index contributed by atoms with van der Waals surface area (Å²) in [6, 6.07) is 3.03. The van der Waals surface area contributed by atoms with Crippen molar-refractivity contribution in [2.45, 2.75) is 19.5 Å². The molecule has 1 atom stereocenters. The average Bonchev–Trinajstić information content (AvgIpc) is 2.31. The van der Waals surface area contributed by atoms with Crippen LogP contribution in [0, 0.1) is 0 Å². The molecule has 1 aromatic heterocycles. The van der Waals surface area contributed by atoms with Crippen molar-refractivity contribution < 1.29 is 4.79 Å². The lowest BCUT2D eigenvalue weighted by atomic mass is 10.3. The standard InChI is InChI=1S/C11H16BrN3O2.ClH/c1-8(5-13)14(2)11(17)7-15-6-9(12)3-4-10(15)16;/h3-4,6,8H,5,7,13H2,1-2H3;1H. The van der Waals surface area contributed by atoms with Gasteiger partial charge < -0.3 is 15.2 Å². The number of nitrogens with two attached hydrogens (primary N) is 1. The topological polar surface area (TPSA) is 68.3 Å². The fraction of sp³-hybridized carbons (Fsp3) is 0.455. The quantitative estimate of drug-likeness (QED) is 0.884. The lowest BCUT2D eigenvalue weighted by molar-refractivity contribution is -0.132. The van der Waals surface area contributed by atoms with Crippen molar-refractivity contribution in [3.63, 3.8) is 0 Å². The van der Waals surface area contributed by atoms with Gasteiger partial charge in [0.05, 0.1) is 0 Å². The van der Waals surface area contributed by atoms with E-state index in [1.54, 1.807) is 24.2 Å². The number of likely N-dealkylation sites (N-methyl/N-ethyl adjacent to an activating group) is 1. The molecule has 0 aromatic carbocycles. The van der Waals surface area contributed by atoms with E-state index in [0.717, 1.165) is 4.47 Å². The molecule has 7 heteroatoms. The van der Waals surface area contributed by atoms with Gasteiger partial charge in [0.1, 0.15) is 6.54 Å². The maximum atomic E-state index is 11.9. The summed E-state index contributed by atoms with van der Waals surface area (Å²) < 4.78 is 2.13. The highest BCUT2D eigenvalue weighted by Crippen LogP contribution is 2.05. The molecular weight excluding hydrogens is 321 g/mol. The van der Waals surface area contributed by atoms with Crippen LogP contribution >= 0.6 is 28.3 Å². The highest BCUT2D eigenvalue weighted by molar-refractivity contribution is 9.10. The maximum absolute atomic E-state index is 11.9. The third-order valence-corrected chi connectivity index (χ3v) is 3.12. The lowest BCUT2D eigenvalue weighted by Gasteiger charge is -2.23. The molecule has 0 saturated heterocycles. The zero-order valence-electron chi connectivity index (χ0n) is 10.3. The van der Waals surface area contributed by atoms with Gasteiger partial charge in [-0.05, 0) is 28.9 Å². The maximum Gasteiger partial charge on any atom is 0.251 e. The van der Waals surface area contributed by atoms with E-state index in [1.165, 1.54) is 10.6 Å². The van der Waals surface area contributed by atoms with Crippen molar-refractivity contribution in [1.29, 1.82) is 0 Å². The molecule has 1 amide bonds. The SMILES string of the molecule is CC(CN)N(C)C(=O)Cn1cc(Br)ccc1=O.Cl. The van der Waals surface area contributed by atoms with Gasteiger partial charge in [-0.1, -0.05) is 0 Å². The van der Waals surface area contributed by atoms with Crippen molar-refractivity contribution in [3.8, 4) is 0 Å². The fourth-order valence-electron chi connectivity index (χ4n) is 1.29. The Bertz CT molecular complexity index is 464. The van der Waals surface area contributed by atoms with Gasteiger partial charge in [0.2, 0.25) is 5.91 Å². The first-order chi connectivity index (χ1) is 7.95. The van der Waals surface area contributed by atoms with Crippen LogP contribution in [0.1, 0.15) is 6.92 Å². The third-order valence-electron chi connectivity index (χ3n) is 2.65. The summed E-state index contributed by atoms with van der Waals surface area (Å²) in [7, 11) is 1.68. The van der Waals surface area contributed by atoms with Gasteiger partial charge in [-0.3, -0.25) is 9.59 Å². The fourth-order valence-corrected chi connectivity index (χ4v) is 1.67. The molecule has 5 nitrogen and oxygen atoms in total. The number of aromatic nitrogens is 1. The van der Waals surface area contributed by atoms with Crippen LogP contribution in [-0.4, -0.2) is 35.0 Å². The summed E-state index contributed by atoms with van der Waals surface area (Å²) in [6.07, 6.45) is 1.60. The smallest absolute Gasteiger partial charge is 0.251 e. The molecule has 1 aromatic rings. The highest BCUT2D eigenvalue weighted by atomic mass is 79.9. The molecule has 1 unspecified atom stereocenters. The second-order valence-corrected chi connectivity index (χ2v) is 4.82. The number of amides is 1. The Morgan fingerprint density at radius 3 is 2.72 bits per heavy atom. The van der Waals surface area contributed by atoms with Crippen LogP contribution in [0.15, 0.2) is 27.6 Å². The van der Waals surface area contributed by atoms with Crippen molar-refractivity contribution >= 4 is 34.2 Å². The van der Waals surface area contributed by atoms with Crippen LogP contribution in [0.5, 0.6) is 0 Å². The second-order valence-electron chi connectivity index (χ2n) is 3.90. The molecule has 0 bridgehead atoms. The minimum atomic E-state index is -0.199. The van der Waals surface area contributed by atoms with E-state index in [2.05, 4.69) is 15.9 Å². The number of hydrogen-bond donors (Lipinski definition) is 1. The minimum Gasteiger partial charge on any atom is -0.340 e. The van der Waals surface area contributed by atoms with Gasteiger partial charge in [-0.2, -0.15) is 0 Å². The normalized spacial score (nSPS) is 11.6. The number of hydrogen-bond acceptors (Lipinski definition) is 3. The van der Waals surface area contributed by atoms with Gasteiger partial charge in [-0.25, -0.2) is 0 Å². The van der Waals surface area contributed by atoms with E-state index in [4.69, 9.17) is 5.73 Å². The summed E-state index contributed by atoms with van der Waals surface area (Å²) in [5, 5.41) is 0. The van der Waals surface area contributed by atoms with Crippen LogP contribution in [-0.2, 0) is 11.3 Å². The third kappa shape index (κ3) is 4.44. The number of nitrogens with zero attached hydrogens (tertiary/aromatic N) is 2. The van der Waals surface area contributed by atoms with E-state index >= 15 is 0 Å². The number of carbonyl (C=O) groups is 1. The van der Waals surface area contributed by atoms with Crippen LogP contribution in [0.2, 0.25) is 0 Å². The zero-order chi connectivity index (χ0) is 13.0. The predicted octanol–water partition coefficient (Wildman–Crippen LogP) is 0.838. The lowest BCUT2D eigenvalue weighted by Crippen LogP contribution is -2.42. The molecular formula is C11H17BrClN3O2. The van der Waals surface area contributed by atoms with E-state index in [9.17, 15) is 9.59 Å². The van der Waals surface area contributed by atoms with Gasteiger partial charge in [-0.15, -0.1) is 12.4 Å². The Labute approximate surface area is 120 Å². The molecule has 0 radical (unpaired) electrons. The van der Waals surface area contributed by atoms with Gasteiger partial charge >= 0.3 is 0 Å². The molecule has 1 heterocycles. The van der Waals surface area contributed by atoms with Crippen LogP contribution in [0.25, 0.3) is 0 Å². The van der Waals surface area contributed by atoms with Crippen LogP contribution < -0.4 is 11.3 Å². The summed E-state index contributed by atoms with van der Waals surface area (Å²) >= 11 is 3.26. The molecule has 0 fully saturated rings. The van der Waals surface area contributed by atoms with Crippen LogP contribution in [0.4, 0.5) is 0 Å². The van der Waals surface area contributed by atoms with Crippen molar-refractivity contribution in [1.82, 2.24) is 9.47 Å². The van der Waals surface area contributed by atoms with Gasteiger partial charge in [0.25, 0.3) is 5.56 Å².